The van der Waals surface area contributed by atoms with Crippen LogP contribution in [-0.2, 0) is 11.2 Å². The lowest BCUT2D eigenvalue weighted by Gasteiger charge is -1.97. The predicted molar refractivity (Wildman–Crippen MR) is 65.9 cm³/mol. The molecule has 0 aliphatic carbocycles. The number of hydrogen-bond donors (Lipinski definition) is 0. The average Bonchev–Trinajstić information content (AvgIpc) is 2.73. The fourth-order valence-electron chi connectivity index (χ4n) is 1.43. The van der Waals surface area contributed by atoms with E-state index in [0.29, 0.717) is 11.5 Å². The molecule has 0 amide bonds. The van der Waals surface area contributed by atoms with Gasteiger partial charge in [0.2, 0.25) is 0 Å². The van der Waals surface area contributed by atoms with E-state index < -0.39 is 0 Å². The molecular formula is C12H19NO2S. The van der Waals surface area contributed by atoms with E-state index in [-0.39, 0.29) is 5.97 Å². The minimum Gasteiger partial charge on any atom is -0.462 e. The molecule has 0 saturated carbocycles. The number of carbonyl (C=O) groups is 1. The highest BCUT2D eigenvalue weighted by Gasteiger charge is 2.10. The molecule has 1 aromatic heterocycles. The second-order valence-corrected chi connectivity index (χ2v) is 4.76. The predicted octanol–water partition coefficient (Wildman–Crippen LogP) is 3.44. The first kappa shape index (κ1) is 13.2. The van der Waals surface area contributed by atoms with Crippen LogP contribution < -0.4 is 0 Å². The fourth-order valence-corrected chi connectivity index (χ4v) is 2.28. The molecule has 0 spiro atoms. The van der Waals surface area contributed by atoms with Crippen molar-refractivity contribution in [2.45, 2.75) is 46.0 Å². The minimum absolute atomic E-state index is 0.250. The van der Waals surface area contributed by atoms with Crippen molar-refractivity contribution < 1.29 is 9.53 Å². The van der Waals surface area contributed by atoms with E-state index in [9.17, 15) is 4.79 Å². The molecule has 0 aliphatic heterocycles. The van der Waals surface area contributed by atoms with Crippen LogP contribution in [0.25, 0.3) is 0 Å². The lowest BCUT2D eigenvalue weighted by atomic mass is 10.2. The third kappa shape index (κ3) is 4.31. The SMILES string of the molecule is CCCCCCc1ncc(C(=O)OCC)s1. The summed E-state index contributed by atoms with van der Waals surface area (Å²) >= 11 is 1.45. The van der Waals surface area contributed by atoms with Crippen LogP contribution in [0.15, 0.2) is 6.20 Å². The Labute approximate surface area is 101 Å². The Bertz CT molecular complexity index is 323. The highest BCUT2D eigenvalue weighted by Crippen LogP contribution is 2.16. The second-order valence-electron chi connectivity index (χ2n) is 3.65. The molecule has 0 saturated heterocycles. The zero-order valence-corrected chi connectivity index (χ0v) is 10.8. The summed E-state index contributed by atoms with van der Waals surface area (Å²) in [6.45, 7) is 4.43. The largest absolute Gasteiger partial charge is 0.462 e. The maximum Gasteiger partial charge on any atom is 0.349 e. The second kappa shape index (κ2) is 7.39. The lowest BCUT2D eigenvalue weighted by Crippen LogP contribution is -2.01. The van der Waals surface area contributed by atoms with E-state index in [1.807, 2.05) is 6.92 Å². The van der Waals surface area contributed by atoms with Gasteiger partial charge in [-0.1, -0.05) is 26.2 Å². The standard InChI is InChI=1S/C12H19NO2S/c1-3-5-6-7-8-11-13-9-10(16-11)12(14)15-4-2/h9H,3-8H2,1-2H3. The zero-order valence-electron chi connectivity index (χ0n) is 9.99. The Morgan fingerprint density at radius 2 is 2.19 bits per heavy atom. The van der Waals surface area contributed by atoms with Gasteiger partial charge in [0.05, 0.1) is 17.8 Å². The van der Waals surface area contributed by atoms with E-state index in [2.05, 4.69) is 11.9 Å². The van der Waals surface area contributed by atoms with Gasteiger partial charge in [-0.25, -0.2) is 9.78 Å². The number of rotatable bonds is 7. The average molecular weight is 241 g/mol. The molecule has 90 valence electrons. The number of carbonyl (C=O) groups excluding carboxylic acids is 1. The third-order valence-corrected chi connectivity index (χ3v) is 3.31. The summed E-state index contributed by atoms with van der Waals surface area (Å²) in [7, 11) is 0. The van der Waals surface area contributed by atoms with Gasteiger partial charge in [-0.05, 0) is 19.8 Å². The van der Waals surface area contributed by atoms with Crippen molar-refractivity contribution in [1.29, 1.82) is 0 Å². The molecule has 0 aliphatic rings. The van der Waals surface area contributed by atoms with Crippen LogP contribution in [0.5, 0.6) is 0 Å². The van der Waals surface area contributed by atoms with Gasteiger partial charge in [0.25, 0.3) is 0 Å². The van der Waals surface area contributed by atoms with Crippen molar-refractivity contribution in [2.24, 2.45) is 0 Å². The lowest BCUT2D eigenvalue weighted by molar-refractivity contribution is 0.0532. The molecule has 0 unspecified atom stereocenters. The molecule has 0 N–H and O–H groups in total. The highest BCUT2D eigenvalue weighted by molar-refractivity contribution is 7.13. The molecule has 0 aromatic carbocycles. The number of aryl methyl sites for hydroxylation is 1. The van der Waals surface area contributed by atoms with Gasteiger partial charge >= 0.3 is 5.97 Å². The van der Waals surface area contributed by atoms with Gasteiger partial charge in [-0.2, -0.15) is 0 Å². The Morgan fingerprint density at radius 3 is 2.88 bits per heavy atom. The molecular weight excluding hydrogens is 222 g/mol. The number of nitrogens with zero attached hydrogens (tertiary/aromatic N) is 1. The van der Waals surface area contributed by atoms with E-state index in [1.165, 1.54) is 30.6 Å². The van der Waals surface area contributed by atoms with E-state index in [1.54, 1.807) is 6.20 Å². The van der Waals surface area contributed by atoms with Crippen LogP contribution in [0.4, 0.5) is 0 Å². The van der Waals surface area contributed by atoms with Crippen molar-refractivity contribution in [3.05, 3.63) is 16.1 Å². The summed E-state index contributed by atoms with van der Waals surface area (Å²) in [5.41, 5.74) is 0. The summed E-state index contributed by atoms with van der Waals surface area (Å²) in [6, 6.07) is 0. The van der Waals surface area contributed by atoms with Crippen LogP contribution in [0.2, 0.25) is 0 Å². The number of thiazole rings is 1. The summed E-state index contributed by atoms with van der Waals surface area (Å²) in [5, 5.41) is 1.04. The van der Waals surface area contributed by atoms with Crippen LogP contribution in [0.1, 0.15) is 54.2 Å². The number of aromatic nitrogens is 1. The number of unbranched alkanes of at least 4 members (excludes halogenated alkanes) is 3. The maximum atomic E-state index is 11.4. The smallest absolute Gasteiger partial charge is 0.349 e. The van der Waals surface area contributed by atoms with Gasteiger partial charge < -0.3 is 4.74 Å². The van der Waals surface area contributed by atoms with Gasteiger partial charge in [0.1, 0.15) is 4.88 Å². The summed E-state index contributed by atoms with van der Waals surface area (Å²) < 4.78 is 4.92. The zero-order chi connectivity index (χ0) is 11.8. The van der Waals surface area contributed by atoms with E-state index >= 15 is 0 Å². The number of ether oxygens (including phenoxy) is 1. The van der Waals surface area contributed by atoms with E-state index in [4.69, 9.17) is 4.74 Å². The topological polar surface area (TPSA) is 39.2 Å². The molecule has 4 heteroatoms. The van der Waals surface area contributed by atoms with Crippen LogP contribution in [0, 0.1) is 0 Å². The minimum atomic E-state index is -0.250. The van der Waals surface area contributed by atoms with E-state index in [0.717, 1.165) is 17.8 Å². The fraction of sp³-hybridized carbons (Fsp3) is 0.667. The van der Waals surface area contributed by atoms with Gasteiger partial charge in [0.15, 0.2) is 0 Å². The van der Waals surface area contributed by atoms with Crippen molar-refractivity contribution in [3.63, 3.8) is 0 Å². The Balaban J connectivity index is 2.36. The maximum absolute atomic E-state index is 11.4. The van der Waals surface area contributed by atoms with Crippen LogP contribution >= 0.6 is 11.3 Å². The molecule has 0 fully saturated rings. The Kier molecular flexibility index (Phi) is 6.08. The summed E-state index contributed by atoms with van der Waals surface area (Å²) in [4.78, 5) is 16.2. The van der Waals surface area contributed by atoms with Crippen molar-refractivity contribution in [1.82, 2.24) is 4.98 Å². The van der Waals surface area contributed by atoms with Gasteiger partial charge in [0, 0.05) is 0 Å². The highest BCUT2D eigenvalue weighted by atomic mass is 32.1. The van der Waals surface area contributed by atoms with Crippen molar-refractivity contribution >= 4 is 17.3 Å². The van der Waals surface area contributed by atoms with Gasteiger partial charge in [-0.15, -0.1) is 11.3 Å². The third-order valence-electron chi connectivity index (χ3n) is 2.27. The number of hydrogen-bond acceptors (Lipinski definition) is 4. The molecule has 1 heterocycles. The Hall–Kier alpha value is -0.900. The summed E-state index contributed by atoms with van der Waals surface area (Å²) in [6.07, 6.45) is 7.51. The van der Waals surface area contributed by atoms with Crippen molar-refractivity contribution in [3.8, 4) is 0 Å². The first-order valence-electron chi connectivity index (χ1n) is 5.89. The monoisotopic (exact) mass is 241 g/mol. The molecule has 1 rings (SSSR count). The van der Waals surface area contributed by atoms with Crippen molar-refractivity contribution in [2.75, 3.05) is 6.61 Å². The van der Waals surface area contributed by atoms with Crippen LogP contribution in [-0.4, -0.2) is 17.6 Å². The summed E-state index contributed by atoms with van der Waals surface area (Å²) in [5.74, 6) is -0.250. The normalized spacial score (nSPS) is 10.4. The molecule has 16 heavy (non-hydrogen) atoms. The molecule has 1 aromatic rings. The molecule has 0 radical (unpaired) electrons. The molecule has 0 atom stereocenters. The van der Waals surface area contributed by atoms with Gasteiger partial charge in [-0.3, -0.25) is 0 Å². The first-order chi connectivity index (χ1) is 7.77. The molecule has 3 nitrogen and oxygen atoms in total. The Morgan fingerprint density at radius 1 is 1.38 bits per heavy atom. The van der Waals surface area contributed by atoms with Crippen LogP contribution in [0.3, 0.4) is 0 Å². The number of esters is 1. The first-order valence-corrected chi connectivity index (χ1v) is 6.71. The quantitative estimate of drug-likeness (QED) is 0.542. The molecule has 0 bridgehead atoms.